The summed E-state index contributed by atoms with van der Waals surface area (Å²) in [6.07, 6.45) is -1.55. The fraction of sp³-hybridized carbons (Fsp3) is 1.00. The Morgan fingerprint density at radius 1 is 1.62 bits per heavy atom. The second-order valence-corrected chi connectivity index (χ2v) is 1.44. The fourth-order valence-corrected chi connectivity index (χ4v) is 0.158. The summed E-state index contributed by atoms with van der Waals surface area (Å²) in [5, 5.41) is 19.2. The van der Waals surface area contributed by atoms with E-state index in [1.165, 1.54) is 0 Å². The van der Waals surface area contributed by atoms with Crippen molar-refractivity contribution in [3.8, 4) is 0 Å². The largest absolute Gasteiger partial charge is 0.383 e. The molecule has 0 heterocycles. The summed E-state index contributed by atoms with van der Waals surface area (Å²) >= 11 is 4.85. The molecule has 0 bridgehead atoms. The van der Waals surface area contributed by atoms with Gasteiger partial charge in [-0.2, -0.15) is 0 Å². The van der Waals surface area contributed by atoms with Crippen molar-refractivity contribution in [3.05, 3.63) is 10.4 Å². The van der Waals surface area contributed by atoms with E-state index in [1.54, 1.807) is 0 Å². The number of rotatable bonds is 2. The number of nitrogens with zero attached hydrogens (tertiary/aromatic N) is 3. The molecule has 0 aliphatic rings. The Labute approximate surface area is 50.1 Å². The van der Waals surface area contributed by atoms with Crippen LogP contribution in [-0.2, 0) is 0 Å². The first-order valence-electron chi connectivity index (χ1n) is 1.73. The second-order valence-electron chi connectivity index (χ2n) is 0.991. The van der Waals surface area contributed by atoms with Crippen molar-refractivity contribution in [2.45, 2.75) is 11.8 Å². The Bertz CT molecular complexity index is 110. The summed E-state index contributed by atoms with van der Waals surface area (Å²) in [5.74, 6) is 0. The van der Waals surface area contributed by atoms with E-state index in [1.807, 2.05) is 0 Å². The molecule has 0 amide bonds. The molecule has 0 spiro atoms. The van der Waals surface area contributed by atoms with Crippen LogP contribution in [-0.4, -0.2) is 22.0 Å². The average Bonchev–Trinajstić information content (AvgIpc) is 1.67. The summed E-state index contributed by atoms with van der Waals surface area (Å²) in [4.78, 5) is 2.19. The van der Waals surface area contributed by atoms with Gasteiger partial charge >= 0.3 is 0 Å². The first kappa shape index (κ1) is 7.52. The Kier molecular flexibility index (Phi) is 3.30. The van der Waals surface area contributed by atoms with Crippen LogP contribution < -0.4 is 0 Å². The van der Waals surface area contributed by atoms with Crippen LogP contribution in [0.25, 0.3) is 10.4 Å². The van der Waals surface area contributed by atoms with Crippen molar-refractivity contribution >= 4 is 11.6 Å². The van der Waals surface area contributed by atoms with Crippen LogP contribution in [0.3, 0.4) is 0 Å². The lowest BCUT2D eigenvalue weighted by Crippen LogP contribution is -2.15. The van der Waals surface area contributed by atoms with E-state index in [0.29, 0.717) is 0 Å². The van der Waals surface area contributed by atoms with Crippen LogP contribution in [0.4, 0.5) is 0 Å². The number of aliphatic hydroxyl groups is 2. The molecule has 0 saturated carbocycles. The van der Waals surface area contributed by atoms with Gasteiger partial charge in [0.15, 0.2) is 11.8 Å². The van der Waals surface area contributed by atoms with Gasteiger partial charge in [0.05, 0.1) is 0 Å². The van der Waals surface area contributed by atoms with Crippen LogP contribution in [0.15, 0.2) is 5.11 Å². The maximum atomic E-state index is 8.32. The Hall–Kier alpha value is -0.480. The van der Waals surface area contributed by atoms with Crippen LogP contribution >= 0.6 is 11.6 Å². The van der Waals surface area contributed by atoms with Gasteiger partial charge in [-0.15, -0.1) is 0 Å². The Morgan fingerprint density at radius 3 is 2.25 bits per heavy atom. The third-order valence-electron chi connectivity index (χ3n) is 0.416. The minimum absolute atomic E-state index is 1.52. The molecule has 0 aromatic rings. The summed E-state index contributed by atoms with van der Waals surface area (Å²) in [6, 6.07) is 0. The molecule has 0 rings (SSSR count). The molecule has 0 aliphatic heterocycles. The molecule has 0 aromatic heterocycles. The monoisotopic (exact) mass is 137 g/mol. The van der Waals surface area contributed by atoms with Gasteiger partial charge in [-0.05, 0) is 5.53 Å². The van der Waals surface area contributed by atoms with Gasteiger partial charge in [-0.25, -0.2) is 0 Å². The Morgan fingerprint density at radius 2 is 2.12 bits per heavy atom. The van der Waals surface area contributed by atoms with Gasteiger partial charge in [0.2, 0.25) is 0 Å². The normalized spacial score (nSPS) is 16.4. The zero-order chi connectivity index (χ0) is 6.57. The quantitative estimate of drug-likeness (QED) is 0.246. The highest BCUT2D eigenvalue weighted by atomic mass is 35.5. The molecule has 0 radical (unpaired) electrons. The highest BCUT2D eigenvalue weighted by Crippen LogP contribution is 1.98. The number of hydrogen-bond acceptors (Lipinski definition) is 3. The zero-order valence-electron chi connectivity index (χ0n) is 3.77. The lowest BCUT2D eigenvalue weighted by atomic mass is 10.6. The molecule has 2 atom stereocenters. The molecule has 46 valence electrons. The lowest BCUT2D eigenvalue weighted by molar-refractivity contribution is 0.0742. The van der Waals surface area contributed by atoms with Gasteiger partial charge in [0.1, 0.15) is 0 Å². The minimum atomic E-state index is -1.55. The van der Waals surface area contributed by atoms with E-state index in [4.69, 9.17) is 27.3 Å². The average molecular weight is 138 g/mol. The molecule has 0 aliphatic carbocycles. The van der Waals surface area contributed by atoms with Gasteiger partial charge in [-0.3, -0.25) is 0 Å². The number of halogens is 1. The molecule has 6 heteroatoms. The summed E-state index contributed by atoms with van der Waals surface area (Å²) < 4.78 is 0. The zero-order valence-corrected chi connectivity index (χ0v) is 4.52. The molecule has 2 N–H and O–H groups in total. The van der Waals surface area contributed by atoms with E-state index in [2.05, 4.69) is 10.0 Å². The molecule has 5 nitrogen and oxygen atoms in total. The van der Waals surface area contributed by atoms with E-state index >= 15 is 0 Å². The second kappa shape index (κ2) is 3.51. The predicted molar refractivity (Wildman–Crippen MR) is 27.0 cm³/mol. The van der Waals surface area contributed by atoms with E-state index in [-0.39, 0.29) is 0 Å². The van der Waals surface area contributed by atoms with Gasteiger partial charge < -0.3 is 10.2 Å². The molecule has 0 aromatic carbocycles. The first-order chi connectivity index (χ1) is 3.68. The van der Waals surface area contributed by atoms with Gasteiger partial charge in [-0.1, -0.05) is 16.7 Å². The minimum Gasteiger partial charge on any atom is -0.383 e. The lowest BCUT2D eigenvalue weighted by Gasteiger charge is -2.01. The summed E-state index contributed by atoms with van der Waals surface area (Å²) in [6.45, 7) is 0. The van der Waals surface area contributed by atoms with Crippen LogP contribution in [0.5, 0.6) is 0 Å². The molecular weight excluding hydrogens is 133 g/mol. The van der Waals surface area contributed by atoms with Crippen molar-refractivity contribution < 1.29 is 10.2 Å². The van der Waals surface area contributed by atoms with Gasteiger partial charge in [0, 0.05) is 4.91 Å². The molecule has 0 saturated heterocycles. The number of hydrogen-bond donors (Lipinski definition) is 2. The van der Waals surface area contributed by atoms with Crippen molar-refractivity contribution in [2.75, 3.05) is 0 Å². The maximum absolute atomic E-state index is 8.32. The van der Waals surface area contributed by atoms with E-state index in [0.717, 1.165) is 0 Å². The molecular formula is C2H4ClN3O2. The number of alkyl halides is 1. The highest BCUT2D eigenvalue weighted by molar-refractivity contribution is 6.19. The first-order valence-corrected chi connectivity index (χ1v) is 2.16. The summed E-state index contributed by atoms with van der Waals surface area (Å²) in [7, 11) is 0. The molecule has 0 unspecified atom stereocenters. The topological polar surface area (TPSA) is 89.2 Å². The van der Waals surface area contributed by atoms with Crippen molar-refractivity contribution in [3.63, 3.8) is 0 Å². The standard InChI is InChI=1S/C2H4ClN3O2/c3-1(7)2(8)5-6-4/h1-2,7-8H/t1-,2+/m0/s1. The number of aliphatic hydroxyl groups excluding tert-OH is 2. The van der Waals surface area contributed by atoms with E-state index < -0.39 is 11.8 Å². The van der Waals surface area contributed by atoms with Crippen molar-refractivity contribution in [1.29, 1.82) is 0 Å². The van der Waals surface area contributed by atoms with Crippen LogP contribution in [0.1, 0.15) is 0 Å². The summed E-state index contributed by atoms with van der Waals surface area (Å²) in [5.41, 5.74) is 6.09. The van der Waals surface area contributed by atoms with E-state index in [9.17, 15) is 0 Å². The predicted octanol–water partition coefficient (Wildman–Crippen LogP) is 0.172. The number of azide groups is 1. The van der Waals surface area contributed by atoms with Crippen molar-refractivity contribution in [1.82, 2.24) is 0 Å². The van der Waals surface area contributed by atoms with Crippen LogP contribution in [0, 0.1) is 0 Å². The highest BCUT2D eigenvalue weighted by Gasteiger charge is 2.08. The molecule has 8 heavy (non-hydrogen) atoms. The maximum Gasteiger partial charge on any atom is 0.172 e. The third kappa shape index (κ3) is 2.65. The van der Waals surface area contributed by atoms with Gasteiger partial charge in [0.25, 0.3) is 0 Å². The SMILES string of the molecule is [N-]=[N+]=N[C@H](O)[C@H](O)Cl. The fourth-order valence-electron chi connectivity index (χ4n) is 0.108. The van der Waals surface area contributed by atoms with Crippen molar-refractivity contribution in [2.24, 2.45) is 5.11 Å². The third-order valence-corrected chi connectivity index (χ3v) is 0.641. The van der Waals surface area contributed by atoms with Crippen LogP contribution in [0.2, 0.25) is 0 Å². The molecule has 0 fully saturated rings. The smallest absolute Gasteiger partial charge is 0.172 e. The Balaban J connectivity index is 3.63.